The molecule has 0 N–H and O–H groups in total. The summed E-state index contributed by atoms with van der Waals surface area (Å²) in [5, 5.41) is 13.7. The molecule has 1 saturated heterocycles. The van der Waals surface area contributed by atoms with E-state index in [0.29, 0.717) is 0 Å². The second-order valence-corrected chi connectivity index (χ2v) is 7.50. The van der Waals surface area contributed by atoms with Crippen molar-refractivity contribution >= 4 is 22.8 Å². The first-order valence-corrected chi connectivity index (χ1v) is 10.0. The van der Waals surface area contributed by atoms with Gasteiger partial charge in [0.1, 0.15) is 10.8 Å². The monoisotopic (exact) mass is 380 g/mol. The number of nitro groups is 1. The van der Waals surface area contributed by atoms with E-state index in [1.165, 1.54) is 37.8 Å². The number of anilines is 1. The molecule has 0 saturated carbocycles. The summed E-state index contributed by atoms with van der Waals surface area (Å²) in [6.45, 7) is 2.12. The second kappa shape index (κ2) is 7.84. The number of hydrogen-bond donors (Lipinski definition) is 0. The zero-order chi connectivity index (χ0) is 18.6. The Morgan fingerprint density at radius 3 is 2.44 bits per heavy atom. The van der Waals surface area contributed by atoms with Crippen LogP contribution in [0.4, 0.5) is 11.5 Å². The van der Waals surface area contributed by atoms with Gasteiger partial charge >= 0.3 is 0 Å². The van der Waals surface area contributed by atoms with Crippen molar-refractivity contribution in [1.82, 2.24) is 9.97 Å². The number of benzene rings is 1. The van der Waals surface area contributed by atoms with Crippen molar-refractivity contribution in [1.29, 1.82) is 0 Å². The van der Waals surface area contributed by atoms with E-state index in [4.69, 9.17) is 4.98 Å². The Morgan fingerprint density at radius 1 is 1.00 bits per heavy atom. The highest BCUT2D eigenvalue weighted by molar-refractivity contribution is 7.13. The molecular formula is C20H20N4O2S. The molecule has 27 heavy (non-hydrogen) atoms. The summed E-state index contributed by atoms with van der Waals surface area (Å²) in [4.78, 5) is 22.1. The molecule has 0 radical (unpaired) electrons. The minimum atomic E-state index is -0.391. The van der Waals surface area contributed by atoms with Gasteiger partial charge in [-0.3, -0.25) is 10.1 Å². The van der Waals surface area contributed by atoms with Crippen LogP contribution >= 0.6 is 11.3 Å². The van der Waals surface area contributed by atoms with Crippen LogP contribution in [0.5, 0.6) is 0 Å². The fraction of sp³-hybridized carbons (Fsp3) is 0.300. The highest BCUT2D eigenvalue weighted by atomic mass is 32.1. The summed E-state index contributed by atoms with van der Waals surface area (Å²) in [6, 6.07) is 10.6. The summed E-state index contributed by atoms with van der Waals surface area (Å²) in [5.41, 5.74) is 2.86. The summed E-state index contributed by atoms with van der Waals surface area (Å²) in [6.07, 6.45) is 6.87. The van der Waals surface area contributed by atoms with E-state index in [-0.39, 0.29) is 5.69 Å². The molecule has 0 atom stereocenters. The predicted octanol–water partition coefficient (Wildman–Crippen LogP) is 5.16. The van der Waals surface area contributed by atoms with Gasteiger partial charge in [0.05, 0.1) is 10.6 Å². The zero-order valence-electron chi connectivity index (χ0n) is 14.9. The Labute approximate surface area is 161 Å². The van der Waals surface area contributed by atoms with Gasteiger partial charge in [-0.1, -0.05) is 12.8 Å². The van der Waals surface area contributed by atoms with Gasteiger partial charge < -0.3 is 4.90 Å². The maximum atomic E-state index is 10.8. The predicted molar refractivity (Wildman–Crippen MR) is 108 cm³/mol. The van der Waals surface area contributed by atoms with Crippen molar-refractivity contribution in [3.8, 4) is 21.8 Å². The Morgan fingerprint density at radius 2 is 1.74 bits per heavy atom. The molecule has 0 amide bonds. The van der Waals surface area contributed by atoms with Crippen LogP contribution in [-0.4, -0.2) is 28.0 Å². The number of thiazole rings is 1. The van der Waals surface area contributed by atoms with E-state index in [0.717, 1.165) is 40.7 Å². The molecule has 1 fully saturated rings. The average Bonchev–Trinajstić information content (AvgIpc) is 3.04. The number of aromatic nitrogens is 2. The van der Waals surface area contributed by atoms with Crippen molar-refractivity contribution in [2.24, 2.45) is 0 Å². The fourth-order valence-electron chi connectivity index (χ4n) is 3.32. The van der Waals surface area contributed by atoms with Gasteiger partial charge in [-0.25, -0.2) is 9.97 Å². The lowest BCUT2D eigenvalue weighted by Crippen LogP contribution is -2.24. The van der Waals surface area contributed by atoms with Crippen molar-refractivity contribution in [3.63, 3.8) is 0 Å². The standard InChI is InChI=1S/C20H20N4O2S/c25-24(26)17-7-5-15(6-8-17)18-14-27-20(22-18)16-9-10-21-19(13-16)23-11-3-1-2-4-12-23/h5-10,13-14H,1-4,11-12H2. The van der Waals surface area contributed by atoms with E-state index >= 15 is 0 Å². The molecule has 7 heteroatoms. The number of hydrogen-bond acceptors (Lipinski definition) is 6. The van der Waals surface area contributed by atoms with E-state index < -0.39 is 4.92 Å². The molecule has 0 bridgehead atoms. The first kappa shape index (κ1) is 17.6. The average molecular weight is 380 g/mol. The summed E-state index contributed by atoms with van der Waals surface area (Å²) in [5.74, 6) is 1.02. The molecule has 0 unspecified atom stereocenters. The molecule has 3 aromatic rings. The first-order chi connectivity index (χ1) is 13.2. The van der Waals surface area contributed by atoms with Gasteiger partial charge in [0.15, 0.2) is 0 Å². The molecule has 1 aliphatic rings. The van der Waals surface area contributed by atoms with E-state index in [9.17, 15) is 10.1 Å². The van der Waals surface area contributed by atoms with Gasteiger partial charge in [-0.05, 0) is 37.1 Å². The quantitative estimate of drug-likeness (QED) is 0.462. The molecule has 1 aromatic carbocycles. The van der Waals surface area contributed by atoms with E-state index in [2.05, 4.69) is 16.0 Å². The summed E-state index contributed by atoms with van der Waals surface area (Å²) in [7, 11) is 0. The molecule has 1 aliphatic heterocycles. The van der Waals surface area contributed by atoms with Crippen LogP contribution in [0.3, 0.4) is 0 Å². The van der Waals surface area contributed by atoms with E-state index in [1.54, 1.807) is 23.5 Å². The number of pyridine rings is 1. The highest BCUT2D eigenvalue weighted by Gasteiger charge is 2.14. The minimum Gasteiger partial charge on any atom is -0.357 e. The fourth-order valence-corrected chi connectivity index (χ4v) is 4.14. The van der Waals surface area contributed by atoms with Gasteiger partial charge in [0, 0.05) is 47.9 Å². The Balaban J connectivity index is 1.57. The Kier molecular flexibility index (Phi) is 5.11. The second-order valence-electron chi connectivity index (χ2n) is 6.65. The largest absolute Gasteiger partial charge is 0.357 e. The van der Waals surface area contributed by atoms with Crippen LogP contribution in [0.2, 0.25) is 0 Å². The molecule has 4 rings (SSSR count). The number of nitrogens with zero attached hydrogens (tertiary/aromatic N) is 4. The van der Waals surface area contributed by atoms with Crippen LogP contribution in [0, 0.1) is 10.1 Å². The molecule has 138 valence electrons. The molecular weight excluding hydrogens is 360 g/mol. The van der Waals surface area contributed by atoms with Crippen molar-refractivity contribution < 1.29 is 4.92 Å². The molecule has 2 aromatic heterocycles. The van der Waals surface area contributed by atoms with E-state index in [1.807, 2.05) is 17.6 Å². The highest BCUT2D eigenvalue weighted by Crippen LogP contribution is 2.31. The Bertz CT molecular complexity index is 931. The maximum absolute atomic E-state index is 10.8. The lowest BCUT2D eigenvalue weighted by atomic mass is 10.1. The molecule has 6 nitrogen and oxygen atoms in total. The number of rotatable bonds is 4. The maximum Gasteiger partial charge on any atom is 0.269 e. The summed E-state index contributed by atoms with van der Waals surface area (Å²) < 4.78 is 0. The first-order valence-electron chi connectivity index (χ1n) is 9.12. The summed E-state index contributed by atoms with van der Waals surface area (Å²) >= 11 is 1.58. The molecule has 0 aliphatic carbocycles. The smallest absolute Gasteiger partial charge is 0.269 e. The van der Waals surface area contributed by atoms with Crippen LogP contribution < -0.4 is 4.90 Å². The third-order valence-corrected chi connectivity index (χ3v) is 5.69. The van der Waals surface area contributed by atoms with Gasteiger partial charge in [0.25, 0.3) is 5.69 Å². The van der Waals surface area contributed by atoms with Crippen molar-refractivity contribution in [3.05, 3.63) is 58.1 Å². The minimum absolute atomic E-state index is 0.0884. The normalized spacial score (nSPS) is 14.7. The Hall–Kier alpha value is -2.80. The van der Waals surface area contributed by atoms with Crippen molar-refractivity contribution in [2.45, 2.75) is 25.7 Å². The van der Waals surface area contributed by atoms with Gasteiger partial charge in [-0.15, -0.1) is 11.3 Å². The van der Waals surface area contributed by atoms with Gasteiger partial charge in [-0.2, -0.15) is 0 Å². The van der Waals surface area contributed by atoms with Crippen LogP contribution in [0.15, 0.2) is 48.0 Å². The molecule has 0 spiro atoms. The topological polar surface area (TPSA) is 72.2 Å². The molecule has 3 heterocycles. The van der Waals surface area contributed by atoms with Crippen LogP contribution in [0.25, 0.3) is 21.8 Å². The SMILES string of the molecule is O=[N+]([O-])c1ccc(-c2csc(-c3ccnc(N4CCCCCC4)c3)n2)cc1. The number of non-ortho nitro benzene ring substituents is 1. The third kappa shape index (κ3) is 3.98. The van der Waals surface area contributed by atoms with Gasteiger partial charge in [0.2, 0.25) is 0 Å². The zero-order valence-corrected chi connectivity index (χ0v) is 15.7. The van der Waals surface area contributed by atoms with Crippen molar-refractivity contribution in [2.75, 3.05) is 18.0 Å². The third-order valence-electron chi connectivity index (χ3n) is 4.80. The lowest BCUT2D eigenvalue weighted by molar-refractivity contribution is -0.384. The lowest BCUT2D eigenvalue weighted by Gasteiger charge is -2.21. The number of nitro benzene ring substituents is 1. The van der Waals surface area contributed by atoms with Crippen LogP contribution in [-0.2, 0) is 0 Å². The van der Waals surface area contributed by atoms with Crippen LogP contribution in [0.1, 0.15) is 25.7 Å².